The van der Waals surface area contributed by atoms with Crippen LogP contribution in [0.15, 0.2) is 102 Å². The predicted molar refractivity (Wildman–Crippen MR) is 205 cm³/mol. The summed E-state index contributed by atoms with van der Waals surface area (Å²) in [7, 11) is -0.794. The van der Waals surface area contributed by atoms with E-state index in [0.717, 1.165) is 53.9 Å². The monoisotopic (exact) mass is 742 g/mol. The van der Waals surface area contributed by atoms with Gasteiger partial charge < -0.3 is 24.2 Å². The van der Waals surface area contributed by atoms with Crippen LogP contribution in [0, 0.1) is 11.8 Å². The molecule has 8 nitrogen and oxygen atoms in total. The molecule has 0 radical (unpaired) electrons. The molecule has 0 aromatic heterocycles. The molecule has 2 aliphatic carbocycles. The van der Waals surface area contributed by atoms with Crippen LogP contribution in [0.4, 0.5) is 5.69 Å². The van der Waals surface area contributed by atoms with Crippen molar-refractivity contribution in [2.75, 3.05) is 38.8 Å². The topological polar surface area (TPSA) is 88.5 Å². The summed E-state index contributed by atoms with van der Waals surface area (Å²) in [6.07, 6.45) is 5.87. The zero-order valence-electron chi connectivity index (χ0n) is 29.8. The average molecular weight is 743 g/mol. The minimum atomic E-state index is -4.01. The van der Waals surface area contributed by atoms with E-state index in [1.807, 2.05) is 60.7 Å². The van der Waals surface area contributed by atoms with Gasteiger partial charge in [-0.2, -0.15) is 4.31 Å². The van der Waals surface area contributed by atoms with Crippen molar-refractivity contribution in [3.8, 4) is 17.2 Å². The SMILES string of the molecule is C=C[C@@H](O)[C@@H]1CC[C@H]1CN1C[C@@]2(CCCc3cc(Cl)ccc32)COc2ccc(S(=O)(=O)N(Cc3ccc(OC)cc3)Cc3ccc(OC)cc3)cc21. The van der Waals surface area contributed by atoms with Crippen LogP contribution in [-0.4, -0.2) is 57.8 Å². The Kier molecular flexibility index (Phi) is 10.6. The average Bonchev–Trinajstić information content (AvgIpc) is 3.30. The Morgan fingerprint density at radius 1 is 0.981 bits per heavy atom. The number of methoxy groups -OCH3 is 2. The van der Waals surface area contributed by atoms with Gasteiger partial charge in [-0.25, -0.2) is 8.42 Å². The predicted octanol–water partition coefficient (Wildman–Crippen LogP) is 7.79. The third-order valence-electron chi connectivity index (χ3n) is 11.3. The van der Waals surface area contributed by atoms with Crippen molar-refractivity contribution in [3.63, 3.8) is 0 Å². The lowest BCUT2D eigenvalue weighted by molar-refractivity contribution is 0.0460. The maximum atomic E-state index is 14.8. The molecular formula is C42H47ClN2O6S. The van der Waals surface area contributed by atoms with E-state index < -0.39 is 16.1 Å². The van der Waals surface area contributed by atoms with Crippen molar-refractivity contribution < 1.29 is 27.7 Å². The number of aliphatic hydroxyl groups is 1. The second kappa shape index (κ2) is 15.1. The molecule has 0 bridgehead atoms. The Labute approximate surface area is 312 Å². The van der Waals surface area contributed by atoms with Gasteiger partial charge in [0.1, 0.15) is 17.2 Å². The number of anilines is 1. The van der Waals surface area contributed by atoms with Crippen LogP contribution in [0.1, 0.15) is 47.9 Å². The third-order valence-corrected chi connectivity index (χ3v) is 13.3. The molecule has 1 heterocycles. The zero-order valence-corrected chi connectivity index (χ0v) is 31.4. The van der Waals surface area contributed by atoms with Crippen molar-refractivity contribution in [1.82, 2.24) is 4.31 Å². The molecule has 4 atom stereocenters. The van der Waals surface area contributed by atoms with Gasteiger partial charge in [0.2, 0.25) is 10.0 Å². The molecule has 0 amide bonds. The van der Waals surface area contributed by atoms with Gasteiger partial charge in [-0.15, -0.1) is 6.58 Å². The summed E-state index contributed by atoms with van der Waals surface area (Å²) in [6.45, 7) is 5.99. The number of halogens is 1. The Balaban J connectivity index is 1.27. The fraction of sp³-hybridized carbons (Fsp3) is 0.381. The van der Waals surface area contributed by atoms with E-state index in [1.54, 1.807) is 32.4 Å². The number of rotatable bonds is 12. The van der Waals surface area contributed by atoms with Crippen LogP contribution in [-0.2, 0) is 34.9 Å². The molecule has 1 N–H and O–H groups in total. The molecule has 52 heavy (non-hydrogen) atoms. The molecule has 0 saturated heterocycles. The van der Waals surface area contributed by atoms with E-state index in [0.29, 0.717) is 36.9 Å². The van der Waals surface area contributed by atoms with Crippen LogP contribution >= 0.6 is 11.6 Å². The van der Waals surface area contributed by atoms with Crippen LogP contribution in [0.2, 0.25) is 5.02 Å². The summed E-state index contributed by atoms with van der Waals surface area (Å²) in [5.74, 6) is 2.40. The zero-order chi connectivity index (χ0) is 36.5. The van der Waals surface area contributed by atoms with E-state index in [2.05, 4.69) is 23.6 Å². The number of sulfonamides is 1. The molecule has 4 aromatic rings. The fourth-order valence-electron chi connectivity index (χ4n) is 8.23. The lowest BCUT2D eigenvalue weighted by Gasteiger charge is -2.45. The summed E-state index contributed by atoms with van der Waals surface area (Å²) in [6, 6.07) is 26.4. The summed E-state index contributed by atoms with van der Waals surface area (Å²) >= 11 is 6.46. The Morgan fingerprint density at radius 2 is 1.65 bits per heavy atom. The molecule has 1 fully saturated rings. The number of aryl methyl sites for hydroxylation is 1. The number of benzene rings is 4. The van der Waals surface area contributed by atoms with E-state index in [1.165, 1.54) is 15.4 Å². The lowest BCUT2D eigenvalue weighted by atomic mass is 9.68. The van der Waals surface area contributed by atoms with Crippen LogP contribution < -0.4 is 19.1 Å². The highest BCUT2D eigenvalue weighted by Gasteiger charge is 2.44. The number of aliphatic hydroxyl groups excluding tert-OH is 1. The molecular weight excluding hydrogens is 696 g/mol. The highest BCUT2D eigenvalue weighted by Crippen LogP contribution is 2.47. The van der Waals surface area contributed by atoms with E-state index in [9.17, 15) is 13.5 Å². The van der Waals surface area contributed by atoms with Gasteiger partial charge in [0.15, 0.2) is 0 Å². The summed E-state index contributed by atoms with van der Waals surface area (Å²) in [4.78, 5) is 2.53. The molecule has 7 rings (SSSR count). The maximum absolute atomic E-state index is 14.8. The second-order valence-electron chi connectivity index (χ2n) is 14.4. The molecule has 1 aliphatic heterocycles. The standard InChI is InChI=1S/C42H47ClN2O6S/c1-4-40(46)37-18-11-32(37)26-44-27-42(21-5-6-31-22-33(43)12-19-38(31)42)28-51-41-20-17-36(23-39(41)44)52(47,48)45(24-29-7-13-34(49-2)14-8-29)25-30-9-15-35(50-3)16-10-30/h4,7-10,12-17,19-20,22-23,32,37,40,46H,1,5-6,11,18,21,24-28H2,2-3H3/t32-,37+,40+,42-/m0/s1. The number of hydrogen-bond acceptors (Lipinski definition) is 7. The van der Waals surface area contributed by atoms with Gasteiger partial charge in [-0.05, 0) is 121 Å². The first kappa shape index (κ1) is 36.3. The van der Waals surface area contributed by atoms with Crippen molar-refractivity contribution in [1.29, 1.82) is 0 Å². The largest absolute Gasteiger partial charge is 0.497 e. The van der Waals surface area contributed by atoms with Gasteiger partial charge in [-0.3, -0.25) is 0 Å². The third kappa shape index (κ3) is 7.29. The van der Waals surface area contributed by atoms with Gasteiger partial charge >= 0.3 is 0 Å². The van der Waals surface area contributed by atoms with Gasteiger partial charge in [-0.1, -0.05) is 48.0 Å². The fourth-order valence-corrected chi connectivity index (χ4v) is 9.86. The first-order chi connectivity index (χ1) is 25.1. The molecule has 4 aromatic carbocycles. The quantitative estimate of drug-likeness (QED) is 0.148. The van der Waals surface area contributed by atoms with E-state index >= 15 is 0 Å². The Hall–Kier alpha value is -4.02. The van der Waals surface area contributed by atoms with E-state index in [4.69, 9.17) is 25.8 Å². The summed E-state index contributed by atoms with van der Waals surface area (Å²) in [5, 5.41) is 11.5. The molecule has 1 saturated carbocycles. The number of ether oxygens (including phenoxy) is 3. The molecule has 3 aliphatic rings. The Bertz CT molecular complexity index is 1950. The van der Waals surface area contributed by atoms with Crippen molar-refractivity contribution in [2.45, 2.75) is 61.6 Å². The minimum absolute atomic E-state index is 0.106. The number of fused-ring (bicyclic) bond motifs is 3. The highest BCUT2D eigenvalue weighted by molar-refractivity contribution is 7.89. The second-order valence-corrected chi connectivity index (χ2v) is 16.8. The van der Waals surface area contributed by atoms with Gasteiger partial charge in [0, 0.05) is 36.6 Å². The number of nitrogens with zero attached hydrogens (tertiary/aromatic N) is 2. The van der Waals surface area contributed by atoms with E-state index in [-0.39, 0.29) is 35.2 Å². The molecule has 1 spiro atoms. The molecule has 10 heteroatoms. The highest BCUT2D eigenvalue weighted by atomic mass is 35.5. The van der Waals surface area contributed by atoms with Gasteiger partial charge in [0.05, 0.1) is 37.5 Å². The Morgan fingerprint density at radius 3 is 2.25 bits per heavy atom. The van der Waals surface area contributed by atoms with Crippen LogP contribution in [0.25, 0.3) is 0 Å². The van der Waals surface area contributed by atoms with Gasteiger partial charge in [0.25, 0.3) is 0 Å². The smallest absolute Gasteiger partial charge is 0.243 e. The first-order valence-electron chi connectivity index (χ1n) is 18.0. The maximum Gasteiger partial charge on any atom is 0.243 e. The van der Waals surface area contributed by atoms with Crippen LogP contribution in [0.3, 0.4) is 0 Å². The first-order valence-corrected chi connectivity index (χ1v) is 19.8. The van der Waals surface area contributed by atoms with Crippen molar-refractivity contribution >= 4 is 27.3 Å². The van der Waals surface area contributed by atoms with Crippen molar-refractivity contribution in [2.24, 2.45) is 11.8 Å². The normalized spacial score (nSPS) is 21.7. The number of hydrogen-bond donors (Lipinski definition) is 1. The van der Waals surface area contributed by atoms with Crippen LogP contribution in [0.5, 0.6) is 17.2 Å². The molecule has 0 unspecified atom stereocenters. The molecule has 274 valence electrons. The summed E-state index contributed by atoms with van der Waals surface area (Å²) < 4.78 is 48.5. The minimum Gasteiger partial charge on any atom is -0.497 e. The summed E-state index contributed by atoms with van der Waals surface area (Å²) in [5.41, 5.74) is 4.62. The van der Waals surface area contributed by atoms with Crippen molar-refractivity contribution in [3.05, 3.63) is 125 Å². The lowest BCUT2D eigenvalue weighted by Crippen LogP contribution is -2.49.